The van der Waals surface area contributed by atoms with E-state index in [1.165, 1.54) is 0 Å². The summed E-state index contributed by atoms with van der Waals surface area (Å²) in [6, 6.07) is -0.160. The van der Waals surface area contributed by atoms with Crippen molar-refractivity contribution in [2.75, 3.05) is 26.3 Å². The third kappa shape index (κ3) is 2.69. The van der Waals surface area contributed by atoms with Crippen molar-refractivity contribution in [3.63, 3.8) is 0 Å². The number of nitrogens with one attached hydrogen (secondary N) is 1. The third-order valence-electron chi connectivity index (χ3n) is 3.52. The van der Waals surface area contributed by atoms with E-state index in [-0.39, 0.29) is 11.6 Å². The van der Waals surface area contributed by atoms with Gasteiger partial charge in [-0.05, 0) is 19.8 Å². The molecule has 2 heterocycles. The monoisotopic (exact) mass is 242 g/mol. The topological polar surface area (TPSA) is 78.9 Å². The molecule has 2 amide bonds. The van der Waals surface area contributed by atoms with Crippen LogP contribution in [0.4, 0.5) is 4.79 Å². The second-order valence-electron chi connectivity index (χ2n) is 5.04. The van der Waals surface area contributed by atoms with Crippen LogP contribution in [-0.2, 0) is 9.53 Å². The molecule has 0 bridgehead atoms. The van der Waals surface area contributed by atoms with Gasteiger partial charge in [0, 0.05) is 31.8 Å². The molecule has 96 valence electrons. The number of nitrogens with zero attached hydrogens (tertiary/aromatic N) is 1. The number of ether oxygens (including phenoxy) is 1. The largest absolute Gasteiger partial charge is 0.481 e. The van der Waals surface area contributed by atoms with E-state index in [1.54, 1.807) is 4.90 Å². The van der Waals surface area contributed by atoms with E-state index in [2.05, 4.69) is 5.32 Å². The lowest BCUT2D eigenvalue weighted by molar-refractivity contribution is -0.146. The Labute approximate surface area is 99.9 Å². The summed E-state index contributed by atoms with van der Waals surface area (Å²) < 4.78 is 5.25. The molecule has 2 aliphatic heterocycles. The minimum Gasteiger partial charge on any atom is -0.481 e. The summed E-state index contributed by atoms with van der Waals surface area (Å²) >= 11 is 0. The number of likely N-dealkylation sites (tertiary alicyclic amines) is 1. The van der Waals surface area contributed by atoms with Crippen LogP contribution in [0, 0.1) is 5.92 Å². The summed E-state index contributed by atoms with van der Waals surface area (Å²) in [5.41, 5.74) is -0.219. The van der Waals surface area contributed by atoms with Gasteiger partial charge in [-0.1, -0.05) is 0 Å². The molecule has 0 aromatic heterocycles. The average molecular weight is 242 g/mol. The Morgan fingerprint density at radius 3 is 2.47 bits per heavy atom. The molecule has 0 aliphatic carbocycles. The van der Waals surface area contributed by atoms with Crippen molar-refractivity contribution in [2.45, 2.75) is 25.3 Å². The van der Waals surface area contributed by atoms with Gasteiger partial charge in [0.2, 0.25) is 0 Å². The first-order valence-corrected chi connectivity index (χ1v) is 5.88. The Kier molecular flexibility index (Phi) is 3.24. The molecule has 0 unspecified atom stereocenters. The molecule has 0 spiro atoms. The molecule has 0 aromatic rings. The van der Waals surface area contributed by atoms with Crippen LogP contribution in [0.5, 0.6) is 0 Å². The van der Waals surface area contributed by atoms with Crippen molar-refractivity contribution >= 4 is 12.0 Å². The number of carboxylic acids is 1. The van der Waals surface area contributed by atoms with E-state index in [9.17, 15) is 9.59 Å². The van der Waals surface area contributed by atoms with Crippen LogP contribution < -0.4 is 5.32 Å². The van der Waals surface area contributed by atoms with Crippen LogP contribution in [-0.4, -0.2) is 53.8 Å². The Balaban J connectivity index is 1.80. The standard InChI is InChI=1S/C11H18N2O4/c1-11(2-4-17-5-3-11)12-10(16)13-6-8(7-13)9(14)15/h8H,2-7H2,1H3,(H,12,16)(H,14,15). The number of hydrogen-bond donors (Lipinski definition) is 2. The van der Waals surface area contributed by atoms with Crippen LogP contribution >= 0.6 is 0 Å². The van der Waals surface area contributed by atoms with Crippen LogP contribution in [0.2, 0.25) is 0 Å². The fraction of sp³-hybridized carbons (Fsp3) is 0.818. The van der Waals surface area contributed by atoms with E-state index in [4.69, 9.17) is 9.84 Å². The zero-order valence-electron chi connectivity index (χ0n) is 9.94. The highest BCUT2D eigenvalue weighted by Gasteiger charge is 2.38. The van der Waals surface area contributed by atoms with Gasteiger partial charge in [-0.3, -0.25) is 4.79 Å². The third-order valence-corrected chi connectivity index (χ3v) is 3.52. The lowest BCUT2D eigenvalue weighted by Gasteiger charge is -2.41. The SMILES string of the molecule is CC1(NC(=O)N2CC(C(=O)O)C2)CCOCC1. The smallest absolute Gasteiger partial charge is 0.317 e. The molecule has 2 fully saturated rings. The summed E-state index contributed by atoms with van der Waals surface area (Å²) in [6.07, 6.45) is 1.60. The summed E-state index contributed by atoms with van der Waals surface area (Å²) in [7, 11) is 0. The normalized spacial score (nSPS) is 23.9. The molecule has 17 heavy (non-hydrogen) atoms. The summed E-state index contributed by atoms with van der Waals surface area (Å²) in [5, 5.41) is 11.7. The number of rotatable bonds is 2. The van der Waals surface area contributed by atoms with Gasteiger partial charge in [0.25, 0.3) is 0 Å². The summed E-state index contributed by atoms with van der Waals surface area (Å²) in [5.74, 6) is -1.23. The highest BCUT2D eigenvalue weighted by molar-refractivity contribution is 5.80. The summed E-state index contributed by atoms with van der Waals surface area (Å²) in [4.78, 5) is 24.0. The maximum Gasteiger partial charge on any atom is 0.317 e. The number of carboxylic acid groups (broad SMARTS) is 1. The quantitative estimate of drug-likeness (QED) is 0.729. The molecule has 2 saturated heterocycles. The van der Waals surface area contributed by atoms with E-state index >= 15 is 0 Å². The van der Waals surface area contributed by atoms with Crippen molar-refractivity contribution in [1.82, 2.24) is 10.2 Å². The number of carbonyl (C=O) groups excluding carboxylic acids is 1. The van der Waals surface area contributed by atoms with Gasteiger partial charge < -0.3 is 20.1 Å². The number of urea groups is 1. The molecule has 2 rings (SSSR count). The fourth-order valence-electron chi connectivity index (χ4n) is 2.08. The van der Waals surface area contributed by atoms with Crippen molar-refractivity contribution in [2.24, 2.45) is 5.92 Å². The average Bonchev–Trinajstić information content (AvgIpc) is 2.14. The minimum atomic E-state index is -0.827. The van der Waals surface area contributed by atoms with Crippen LogP contribution in [0.25, 0.3) is 0 Å². The second kappa shape index (κ2) is 4.52. The lowest BCUT2D eigenvalue weighted by atomic mass is 9.92. The molecule has 0 atom stereocenters. The van der Waals surface area contributed by atoms with Gasteiger partial charge in [0.1, 0.15) is 0 Å². The second-order valence-corrected chi connectivity index (χ2v) is 5.04. The van der Waals surface area contributed by atoms with Gasteiger partial charge in [0.05, 0.1) is 5.92 Å². The van der Waals surface area contributed by atoms with Gasteiger partial charge in [-0.15, -0.1) is 0 Å². The zero-order chi connectivity index (χ0) is 12.5. The maximum absolute atomic E-state index is 11.8. The zero-order valence-corrected chi connectivity index (χ0v) is 9.94. The molecule has 0 radical (unpaired) electrons. The number of hydrogen-bond acceptors (Lipinski definition) is 3. The Morgan fingerprint density at radius 1 is 1.35 bits per heavy atom. The molecule has 2 aliphatic rings. The first kappa shape index (κ1) is 12.2. The van der Waals surface area contributed by atoms with Crippen LogP contribution in [0.1, 0.15) is 19.8 Å². The minimum absolute atomic E-state index is 0.160. The van der Waals surface area contributed by atoms with Gasteiger partial charge in [-0.2, -0.15) is 0 Å². The Bertz CT molecular complexity index is 319. The Hall–Kier alpha value is -1.30. The summed E-state index contributed by atoms with van der Waals surface area (Å²) in [6.45, 7) is 3.95. The lowest BCUT2D eigenvalue weighted by Crippen LogP contribution is -2.60. The predicted octanol–water partition coefficient (Wildman–Crippen LogP) is 0.281. The van der Waals surface area contributed by atoms with Gasteiger partial charge >= 0.3 is 12.0 Å². The van der Waals surface area contributed by atoms with E-state index in [1.807, 2.05) is 6.92 Å². The van der Waals surface area contributed by atoms with E-state index < -0.39 is 11.9 Å². The van der Waals surface area contributed by atoms with Crippen LogP contribution in [0.3, 0.4) is 0 Å². The molecule has 0 aromatic carbocycles. The van der Waals surface area contributed by atoms with Crippen molar-refractivity contribution in [3.8, 4) is 0 Å². The highest BCUT2D eigenvalue weighted by atomic mass is 16.5. The first-order chi connectivity index (χ1) is 8.00. The Morgan fingerprint density at radius 2 is 1.94 bits per heavy atom. The maximum atomic E-state index is 11.8. The number of carbonyl (C=O) groups is 2. The van der Waals surface area contributed by atoms with E-state index in [0.29, 0.717) is 26.3 Å². The van der Waals surface area contributed by atoms with Gasteiger partial charge in [0.15, 0.2) is 0 Å². The molecule has 6 nitrogen and oxygen atoms in total. The van der Waals surface area contributed by atoms with E-state index in [0.717, 1.165) is 12.8 Å². The molecular formula is C11H18N2O4. The van der Waals surface area contributed by atoms with Crippen LogP contribution in [0.15, 0.2) is 0 Å². The van der Waals surface area contributed by atoms with Crippen molar-refractivity contribution in [3.05, 3.63) is 0 Å². The molecule has 2 N–H and O–H groups in total. The molecule has 0 saturated carbocycles. The number of amides is 2. The first-order valence-electron chi connectivity index (χ1n) is 5.88. The molecular weight excluding hydrogens is 224 g/mol. The van der Waals surface area contributed by atoms with Gasteiger partial charge in [-0.25, -0.2) is 4.79 Å². The van der Waals surface area contributed by atoms with Crippen molar-refractivity contribution in [1.29, 1.82) is 0 Å². The fourth-order valence-corrected chi connectivity index (χ4v) is 2.08. The predicted molar refractivity (Wildman–Crippen MR) is 59.7 cm³/mol. The number of aliphatic carboxylic acids is 1. The molecule has 6 heteroatoms. The highest BCUT2D eigenvalue weighted by Crippen LogP contribution is 2.22. The van der Waals surface area contributed by atoms with Crippen molar-refractivity contribution < 1.29 is 19.4 Å².